The molecule has 0 aliphatic rings. The van der Waals surface area contributed by atoms with Crippen molar-refractivity contribution in [2.45, 2.75) is 25.0 Å². The number of hydrogen-bond acceptors (Lipinski definition) is 8. The lowest BCUT2D eigenvalue weighted by Crippen LogP contribution is -2.27. The summed E-state index contributed by atoms with van der Waals surface area (Å²) in [5.74, 6) is 0.313. The van der Waals surface area contributed by atoms with Gasteiger partial charge in [-0.25, -0.2) is 18.1 Å². The second kappa shape index (κ2) is 8.72. The average molecular weight is 440 g/mol. The summed E-state index contributed by atoms with van der Waals surface area (Å²) in [6.45, 7) is 1.35. The first-order valence-electron chi connectivity index (χ1n) is 8.49. The standard InChI is InChI=1S/C17H18ClN5O5S/c1-11-20-15(9-23(11)2)29(25,26)19-8-7-16(24)27-10-14-21-17(28-22-14)12-5-3-4-6-13(12)18/h3-6,9,19H,7-8,10H2,1-2H3. The Labute approximate surface area is 171 Å². The van der Waals surface area contributed by atoms with E-state index in [1.807, 2.05) is 0 Å². The second-order valence-corrected chi connectivity index (χ2v) is 8.16. The quantitative estimate of drug-likeness (QED) is 0.526. The number of benzene rings is 1. The van der Waals surface area contributed by atoms with Crippen LogP contribution in [-0.2, 0) is 33.2 Å². The van der Waals surface area contributed by atoms with E-state index in [1.165, 1.54) is 6.20 Å². The molecular weight excluding hydrogens is 422 g/mol. The second-order valence-electron chi connectivity index (χ2n) is 6.04. The van der Waals surface area contributed by atoms with Crippen LogP contribution in [0.3, 0.4) is 0 Å². The summed E-state index contributed by atoms with van der Waals surface area (Å²) in [6.07, 6.45) is 1.23. The third-order valence-electron chi connectivity index (χ3n) is 3.92. The highest BCUT2D eigenvalue weighted by molar-refractivity contribution is 7.89. The van der Waals surface area contributed by atoms with Gasteiger partial charge in [-0.3, -0.25) is 4.79 Å². The first-order valence-corrected chi connectivity index (χ1v) is 10.3. The highest BCUT2D eigenvalue weighted by Crippen LogP contribution is 2.25. The highest BCUT2D eigenvalue weighted by atomic mass is 35.5. The van der Waals surface area contributed by atoms with Crippen LogP contribution in [0.25, 0.3) is 11.5 Å². The van der Waals surface area contributed by atoms with E-state index in [9.17, 15) is 13.2 Å². The van der Waals surface area contributed by atoms with Gasteiger partial charge in [0.25, 0.3) is 15.9 Å². The molecule has 0 bridgehead atoms. The number of aryl methyl sites for hydroxylation is 2. The van der Waals surface area contributed by atoms with Crippen LogP contribution in [0.5, 0.6) is 0 Å². The van der Waals surface area contributed by atoms with Crippen molar-refractivity contribution in [3.8, 4) is 11.5 Å². The highest BCUT2D eigenvalue weighted by Gasteiger charge is 2.19. The molecule has 0 aliphatic heterocycles. The zero-order valence-corrected chi connectivity index (χ0v) is 17.2. The van der Waals surface area contributed by atoms with Crippen molar-refractivity contribution in [2.24, 2.45) is 7.05 Å². The molecule has 0 fully saturated rings. The summed E-state index contributed by atoms with van der Waals surface area (Å²) < 4.78 is 38.3. The Morgan fingerprint density at radius 3 is 2.76 bits per heavy atom. The summed E-state index contributed by atoms with van der Waals surface area (Å²) in [6, 6.07) is 6.96. The fourth-order valence-corrected chi connectivity index (χ4v) is 3.58. The largest absolute Gasteiger partial charge is 0.457 e. The molecule has 0 radical (unpaired) electrons. The minimum atomic E-state index is -3.80. The van der Waals surface area contributed by atoms with Crippen LogP contribution < -0.4 is 4.72 Å². The van der Waals surface area contributed by atoms with E-state index in [0.717, 1.165) is 0 Å². The van der Waals surface area contributed by atoms with E-state index in [4.69, 9.17) is 20.9 Å². The zero-order chi connectivity index (χ0) is 21.0. The normalized spacial score (nSPS) is 11.6. The molecule has 10 nitrogen and oxygen atoms in total. The predicted octanol–water partition coefficient (Wildman–Crippen LogP) is 1.84. The van der Waals surface area contributed by atoms with Gasteiger partial charge >= 0.3 is 5.97 Å². The van der Waals surface area contributed by atoms with Crippen LogP contribution in [0, 0.1) is 6.92 Å². The number of hydrogen-bond donors (Lipinski definition) is 1. The van der Waals surface area contributed by atoms with Gasteiger partial charge in [0.15, 0.2) is 11.6 Å². The summed E-state index contributed by atoms with van der Waals surface area (Å²) >= 11 is 6.07. The number of imidazole rings is 1. The number of carbonyl (C=O) groups is 1. The molecule has 0 unspecified atom stereocenters. The summed E-state index contributed by atoms with van der Waals surface area (Å²) in [4.78, 5) is 19.9. The van der Waals surface area contributed by atoms with E-state index in [1.54, 1.807) is 42.8 Å². The van der Waals surface area contributed by atoms with Crippen LogP contribution in [0.4, 0.5) is 0 Å². The lowest BCUT2D eigenvalue weighted by molar-refractivity contribution is -0.145. The van der Waals surface area contributed by atoms with Gasteiger partial charge < -0.3 is 13.8 Å². The summed E-state index contributed by atoms with van der Waals surface area (Å²) in [7, 11) is -2.11. The molecular formula is C17H18ClN5O5S. The molecule has 1 aromatic carbocycles. The molecule has 0 amide bonds. The number of esters is 1. The van der Waals surface area contributed by atoms with E-state index >= 15 is 0 Å². The van der Waals surface area contributed by atoms with Crippen LogP contribution >= 0.6 is 11.6 Å². The maximum absolute atomic E-state index is 12.1. The maximum Gasteiger partial charge on any atom is 0.307 e. The molecule has 12 heteroatoms. The molecule has 3 rings (SSSR count). The average Bonchev–Trinajstić information content (AvgIpc) is 3.27. The third kappa shape index (κ3) is 5.19. The van der Waals surface area contributed by atoms with Crippen molar-refractivity contribution in [3.05, 3.63) is 47.1 Å². The fourth-order valence-electron chi connectivity index (χ4n) is 2.29. The molecule has 2 heterocycles. The van der Waals surface area contributed by atoms with Crippen molar-refractivity contribution in [1.29, 1.82) is 0 Å². The van der Waals surface area contributed by atoms with Gasteiger partial charge in [-0.15, -0.1) is 0 Å². The summed E-state index contributed by atoms with van der Waals surface area (Å²) in [5.41, 5.74) is 0.568. The van der Waals surface area contributed by atoms with Crippen molar-refractivity contribution in [1.82, 2.24) is 24.4 Å². The Balaban J connectivity index is 1.48. The zero-order valence-electron chi connectivity index (χ0n) is 15.6. The Kier molecular flexibility index (Phi) is 6.30. The Morgan fingerprint density at radius 1 is 1.31 bits per heavy atom. The van der Waals surface area contributed by atoms with E-state index < -0.39 is 16.0 Å². The molecule has 0 aliphatic carbocycles. The molecule has 1 N–H and O–H groups in total. The third-order valence-corrected chi connectivity index (χ3v) is 5.58. The Hall–Kier alpha value is -2.76. The van der Waals surface area contributed by atoms with Crippen LogP contribution in [0.15, 0.2) is 40.0 Å². The number of nitrogens with one attached hydrogen (secondary N) is 1. The number of sulfonamides is 1. The van der Waals surface area contributed by atoms with Gasteiger partial charge in [-0.2, -0.15) is 4.98 Å². The minimum Gasteiger partial charge on any atom is -0.457 e. The molecule has 0 atom stereocenters. The SMILES string of the molecule is Cc1nc(S(=O)(=O)NCCC(=O)OCc2noc(-c3ccccc3Cl)n2)cn1C. The molecule has 0 saturated heterocycles. The van der Waals surface area contributed by atoms with Gasteiger partial charge in [-0.1, -0.05) is 28.9 Å². The van der Waals surface area contributed by atoms with Gasteiger partial charge in [0.2, 0.25) is 5.82 Å². The number of nitrogens with zero attached hydrogens (tertiary/aromatic N) is 4. The van der Waals surface area contributed by atoms with Gasteiger partial charge in [0.05, 0.1) is 17.0 Å². The Bertz CT molecular complexity index is 1110. The topological polar surface area (TPSA) is 129 Å². The van der Waals surface area contributed by atoms with Crippen molar-refractivity contribution < 1.29 is 22.5 Å². The van der Waals surface area contributed by atoms with Crippen LogP contribution in [0.2, 0.25) is 5.02 Å². The first kappa shape index (κ1) is 21.0. The lowest BCUT2D eigenvalue weighted by Gasteiger charge is -2.04. The summed E-state index contributed by atoms with van der Waals surface area (Å²) in [5, 5.41) is 4.08. The number of carbonyl (C=O) groups excluding carboxylic acids is 1. The van der Waals surface area contributed by atoms with Crippen LogP contribution in [-0.4, -0.2) is 40.6 Å². The number of rotatable bonds is 8. The molecule has 3 aromatic rings. The monoisotopic (exact) mass is 439 g/mol. The smallest absolute Gasteiger partial charge is 0.307 e. The molecule has 154 valence electrons. The molecule has 2 aromatic heterocycles. The maximum atomic E-state index is 12.1. The van der Waals surface area contributed by atoms with Crippen molar-refractivity contribution in [2.75, 3.05) is 6.54 Å². The van der Waals surface area contributed by atoms with Gasteiger partial charge in [0, 0.05) is 19.8 Å². The van der Waals surface area contributed by atoms with Crippen molar-refractivity contribution >= 4 is 27.6 Å². The molecule has 29 heavy (non-hydrogen) atoms. The number of halogens is 1. The van der Waals surface area contributed by atoms with E-state index in [2.05, 4.69) is 19.8 Å². The fraction of sp³-hybridized carbons (Fsp3) is 0.294. The predicted molar refractivity (Wildman–Crippen MR) is 102 cm³/mol. The minimum absolute atomic E-state index is 0.107. The van der Waals surface area contributed by atoms with Crippen molar-refractivity contribution in [3.63, 3.8) is 0 Å². The number of aromatic nitrogens is 4. The molecule has 0 saturated carbocycles. The van der Waals surface area contributed by atoms with E-state index in [-0.39, 0.29) is 36.3 Å². The van der Waals surface area contributed by atoms with E-state index in [0.29, 0.717) is 16.4 Å². The number of ether oxygens (including phenoxy) is 1. The van der Waals surface area contributed by atoms with Gasteiger partial charge in [-0.05, 0) is 19.1 Å². The van der Waals surface area contributed by atoms with Gasteiger partial charge in [0.1, 0.15) is 5.82 Å². The van der Waals surface area contributed by atoms with Crippen LogP contribution in [0.1, 0.15) is 18.1 Å². The lowest BCUT2D eigenvalue weighted by atomic mass is 10.2. The molecule has 0 spiro atoms. The first-order chi connectivity index (χ1) is 13.8. The Morgan fingerprint density at radius 2 is 2.07 bits per heavy atom.